The summed E-state index contributed by atoms with van der Waals surface area (Å²) in [6.45, 7) is 4.00. The smallest absolute Gasteiger partial charge is 0.118 e. The van der Waals surface area contributed by atoms with Crippen LogP contribution in [0, 0.1) is 13.8 Å². The number of hydrogen-bond acceptors (Lipinski definition) is 3. The highest BCUT2D eigenvalue weighted by Gasteiger charge is 2.16. The van der Waals surface area contributed by atoms with Crippen LogP contribution in [0.4, 0.5) is 0 Å². The fraction of sp³-hybridized carbons (Fsp3) is 0.375. The molecule has 1 heterocycles. The summed E-state index contributed by atoms with van der Waals surface area (Å²) in [5.41, 5.74) is 2.51. The summed E-state index contributed by atoms with van der Waals surface area (Å²) in [6, 6.07) is 10.6. The topological polar surface area (TPSA) is 34.4 Å². The van der Waals surface area contributed by atoms with Gasteiger partial charge in [-0.2, -0.15) is 0 Å². The van der Waals surface area contributed by atoms with Gasteiger partial charge in [0, 0.05) is 11.6 Å². The Morgan fingerprint density at radius 3 is 2.37 bits per heavy atom. The van der Waals surface area contributed by atoms with Gasteiger partial charge in [0.25, 0.3) is 0 Å². The molecule has 1 aromatic heterocycles. The summed E-state index contributed by atoms with van der Waals surface area (Å²) in [5.74, 6) is 2.84. The van der Waals surface area contributed by atoms with Crippen LogP contribution in [0.25, 0.3) is 0 Å². The van der Waals surface area contributed by atoms with Crippen LogP contribution in [-0.2, 0) is 6.42 Å². The molecule has 0 aliphatic carbocycles. The predicted octanol–water partition coefficient (Wildman–Crippen LogP) is 3.41. The maximum atomic E-state index is 5.61. The SMILES string of the molecule is CNC(Cc1ccc(OC)cc1)c1cc(C)oc1C. The van der Waals surface area contributed by atoms with Crippen LogP contribution in [0.5, 0.6) is 5.75 Å². The Morgan fingerprint density at radius 1 is 1.21 bits per heavy atom. The number of ether oxygens (including phenoxy) is 1. The Hall–Kier alpha value is -1.74. The van der Waals surface area contributed by atoms with Gasteiger partial charge in [0.1, 0.15) is 17.3 Å². The van der Waals surface area contributed by atoms with Crippen molar-refractivity contribution in [3.05, 3.63) is 53.0 Å². The van der Waals surface area contributed by atoms with E-state index in [0.29, 0.717) is 0 Å². The molecule has 0 aliphatic heterocycles. The average Bonchev–Trinajstić information content (AvgIpc) is 2.75. The van der Waals surface area contributed by atoms with Gasteiger partial charge < -0.3 is 14.5 Å². The molecule has 0 fully saturated rings. The van der Waals surface area contributed by atoms with Crippen molar-refractivity contribution in [2.45, 2.75) is 26.3 Å². The Kier molecular flexibility index (Phi) is 4.27. The molecule has 1 N–H and O–H groups in total. The number of methoxy groups -OCH3 is 1. The first-order chi connectivity index (χ1) is 9.13. The zero-order valence-corrected chi connectivity index (χ0v) is 12.0. The zero-order chi connectivity index (χ0) is 13.8. The molecule has 0 aliphatic rings. The molecule has 2 rings (SSSR count). The molecular weight excluding hydrogens is 238 g/mol. The first-order valence-corrected chi connectivity index (χ1v) is 6.51. The van der Waals surface area contributed by atoms with Gasteiger partial charge in [-0.15, -0.1) is 0 Å². The molecule has 19 heavy (non-hydrogen) atoms. The molecule has 0 saturated heterocycles. The largest absolute Gasteiger partial charge is 0.497 e. The highest BCUT2D eigenvalue weighted by Crippen LogP contribution is 2.25. The molecule has 0 radical (unpaired) electrons. The minimum atomic E-state index is 0.269. The van der Waals surface area contributed by atoms with Crippen molar-refractivity contribution in [1.82, 2.24) is 5.32 Å². The highest BCUT2D eigenvalue weighted by molar-refractivity contribution is 5.30. The third-order valence-electron chi connectivity index (χ3n) is 3.40. The fourth-order valence-corrected chi connectivity index (χ4v) is 2.36. The Bertz CT molecular complexity index is 528. The monoisotopic (exact) mass is 259 g/mol. The number of nitrogens with one attached hydrogen (secondary N) is 1. The van der Waals surface area contributed by atoms with E-state index in [1.54, 1.807) is 7.11 Å². The zero-order valence-electron chi connectivity index (χ0n) is 12.0. The summed E-state index contributed by atoms with van der Waals surface area (Å²) < 4.78 is 10.8. The van der Waals surface area contributed by atoms with Crippen LogP contribution in [0.3, 0.4) is 0 Å². The van der Waals surface area contributed by atoms with Crippen molar-refractivity contribution in [2.75, 3.05) is 14.2 Å². The van der Waals surface area contributed by atoms with E-state index in [0.717, 1.165) is 23.7 Å². The van der Waals surface area contributed by atoms with E-state index in [9.17, 15) is 0 Å². The quantitative estimate of drug-likeness (QED) is 0.893. The number of hydrogen-bond donors (Lipinski definition) is 1. The van der Waals surface area contributed by atoms with Gasteiger partial charge in [0.2, 0.25) is 0 Å². The van der Waals surface area contributed by atoms with E-state index >= 15 is 0 Å². The lowest BCUT2D eigenvalue weighted by Crippen LogP contribution is -2.19. The van der Waals surface area contributed by atoms with Crippen molar-refractivity contribution in [2.24, 2.45) is 0 Å². The van der Waals surface area contributed by atoms with E-state index in [4.69, 9.17) is 9.15 Å². The maximum Gasteiger partial charge on any atom is 0.118 e. The normalized spacial score (nSPS) is 12.4. The fourth-order valence-electron chi connectivity index (χ4n) is 2.36. The molecular formula is C16H21NO2. The third-order valence-corrected chi connectivity index (χ3v) is 3.40. The number of benzene rings is 1. The summed E-state index contributed by atoms with van der Waals surface area (Å²) in [4.78, 5) is 0. The molecule has 0 saturated carbocycles. The van der Waals surface area contributed by atoms with Crippen LogP contribution in [0.2, 0.25) is 0 Å². The average molecular weight is 259 g/mol. The van der Waals surface area contributed by atoms with Crippen LogP contribution in [0.15, 0.2) is 34.7 Å². The van der Waals surface area contributed by atoms with Gasteiger partial charge in [0.05, 0.1) is 7.11 Å². The number of furan rings is 1. The molecule has 0 bridgehead atoms. The lowest BCUT2D eigenvalue weighted by atomic mass is 9.99. The second-order valence-electron chi connectivity index (χ2n) is 4.76. The minimum absolute atomic E-state index is 0.269. The summed E-state index contributed by atoms with van der Waals surface area (Å²) in [6.07, 6.45) is 0.931. The standard InChI is InChI=1S/C16H21NO2/c1-11-9-15(12(2)19-11)16(17-3)10-13-5-7-14(18-4)8-6-13/h5-9,16-17H,10H2,1-4H3. The van der Waals surface area contributed by atoms with Gasteiger partial charge in [-0.3, -0.25) is 0 Å². The maximum absolute atomic E-state index is 5.61. The summed E-state index contributed by atoms with van der Waals surface area (Å²) in [7, 11) is 3.67. The first-order valence-electron chi connectivity index (χ1n) is 6.51. The van der Waals surface area contributed by atoms with E-state index in [1.165, 1.54) is 11.1 Å². The Balaban J connectivity index is 2.16. The molecule has 102 valence electrons. The summed E-state index contributed by atoms with van der Waals surface area (Å²) in [5, 5.41) is 3.36. The van der Waals surface area contributed by atoms with E-state index < -0.39 is 0 Å². The van der Waals surface area contributed by atoms with E-state index in [1.807, 2.05) is 33.0 Å². The van der Waals surface area contributed by atoms with Gasteiger partial charge in [-0.05, 0) is 51.1 Å². The van der Waals surface area contributed by atoms with Crippen molar-refractivity contribution in [3.8, 4) is 5.75 Å². The highest BCUT2D eigenvalue weighted by atomic mass is 16.5. The molecule has 0 amide bonds. The van der Waals surface area contributed by atoms with Crippen LogP contribution in [0.1, 0.15) is 28.7 Å². The van der Waals surface area contributed by atoms with Crippen molar-refractivity contribution >= 4 is 0 Å². The van der Waals surface area contributed by atoms with Crippen molar-refractivity contribution in [1.29, 1.82) is 0 Å². The predicted molar refractivity (Wildman–Crippen MR) is 76.7 cm³/mol. The van der Waals surface area contributed by atoms with Crippen molar-refractivity contribution < 1.29 is 9.15 Å². The van der Waals surface area contributed by atoms with Gasteiger partial charge in [-0.1, -0.05) is 12.1 Å². The van der Waals surface area contributed by atoms with Crippen LogP contribution >= 0.6 is 0 Å². The minimum Gasteiger partial charge on any atom is -0.497 e. The van der Waals surface area contributed by atoms with Gasteiger partial charge in [0.15, 0.2) is 0 Å². The second kappa shape index (κ2) is 5.93. The molecule has 2 aromatic rings. The lowest BCUT2D eigenvalue weighted by Gasteiger charge is -2.16. The van der Waals surface area contributed by atoms with Gasteiger partial charge in [-0.25, -0.2) is 0 Å². The molecule has 1 unspecified atom stereocenters. The number of likely N-dealkylation sites (N-methyl/N-ethyl adjacent to an activating group) is 1. The third kappa shape index (κ3) is 3.18. The lowest BCUT2D eigenvalue weighted by molar-refractivity contribution is 0.414. The Labute approximate surface area is 114 Å². The number of aryl methyl sites for hydroxylation is 2. The molecule has 1 atom stereocenters. The van der Waals surface area contributed by atoms with Crippen LogP contribution < -0.4 is 10.1 Å². The molecule has 1 aromatic carbocycles. The van der Waals surface area contributed by atoms with Crippen LogP contribution in [-0.4, -0.2) is 14.2 Å². The van der Waals surface area contributed by atoms with Gasteiger partial charge >= 0.3 is 0 Å². The van der Waals surface area contributed by atoms with E-state index in [-0.39, 0.29) is 6.04 Å². The molecule has 0 spiro atoms. The summed E-state index contributed by atoms with van der Waals surface area (Å²) >= 11 is 0. The second-order valence-corrected chi connectivity index (χ2v) is 4.76. The Morgan fingerprint density at radius 2 is 1.89 bits per heavy atom. The number of rotatable bonds is 5. The van der Waals surface area contributed by atoms with Crippen molar-refractivity contribution in [3.63, 3.8) is 0 Å². The first kappa shape index (κ1) is 13.7. The molecule has 3 heteroatoms. The van der Waals surface area contributed by atoms with E-state index in [2.05, 4.69) is 23.5 Å². The molecule has 3 nitrogen and oxygen atoms in total.